The monoisotopic (exact) mass is 352 g/mol. The van der Waals surface area contributed by atoms with Crippen LogP contribution >= 0.6 is 11.3 Å². The van der Waals surface area contributed by atoms with Gasteiger partial charge in [-0.1, -0.05) is 30.3 Å². The molecule has 3 rings (SSSR count). The number of carbonyl (C=O) groups excluding carboxylic acids is 1. The predicted octanol–water partition coefficient (Wildman–Crippen LogP) is 4.45. The van der Waals surface area contributed by atoms with Crippen molar-refractivity contribution in [1.82, 2.24) is 4.98 Å². The summed E-state index contributed by atoms with van der Waals surface area (Å²) in [4.78, 5) is 18.7. The van der Waals surface area contributed by atoms with Crippen LogP contribution in [-0.4, -0.2) is 31.5 Å². The summed E-state index contributed by atoms with van der Waals surface area (Å²) >= 11 is 1.69. The van der Waals surface area contributed by atoms with Crippen LogP contribution < -0.4 is 9.64 Å². The normalized spacial score (nSPS) is 10.5. The molecule has 0 spiro atoms. The van der Waals surface area contributed by atoms with Crippen molar-refractivity contribution >= 4 is 22.8 Å². The van der Waals surface area contributed by atoms with Crippen molar-refractivity contribution in [3.8, 4) is 17.0 Å². The molecule has 3 aromatic rings. The molecule has 4 nitrogen and oxygen atoms in total. The smallest absolute Gasteiger partial charge is 0.185 e. The number of nitrogens with zero attached hydrogens (tertiary/aromatic N) is 2. The number of hydrogen-bond acceptors (Lipinski definition) is 5. The van der Waals surface area contributed by atoms with Gasteiger partial charge in [0.25, 0.3) is 0 Å². The molecule has 5 heteroatoms. The van der Waals surface area contributed by atoms with Crippen LogP contribution in [-0.2, 0) is 0 Å². The molecule has 128 valence electrons. The van der Waals surface area contributed by atoms with Crippen LogP contribution in [0.4, 0.5) is 5.13 Å². The fraction of sp³-hybridized carbons (Fsp3) is 0.200. The Labute approximate surface area is 151 Å². The van der Waals surface area contributed by atoms with Gasteiger partial charge in [-0.3, -0.25) is 4.79 Å². The largest absolute Gasteiger partial charge is 0.492 e. The van der Waals surface area contributed by atoms with E-state index in [1.165, 1.54) is 4.88 Å². The van der Waals surface area contributed by atoms with E-state index in [2.05, 4.69) is 24.0 Å². The number of likely N-dealkylation sites (N-methyl/N-ethyl adjacent to an activating group) is 1. The highest BCUT2D eigenvalue weighted by atomic mass is 32.1. The zero-order valence-corrected chi connectivity index (χ0v) is 15.1. The summed E-state index contributed by atoms with van der Waals surface area (Å²) in [5.41, 5.74) is 2.83. The Morgan fingerprint density at radius 1 is 1.12 bits per heavy atom. The first-order valence-corrected chi connectivity index (χ1v) is 8.91. The van der Waals surface area contributed by atoms with Gasteiger partial charge in [0.05, 0.1) is 12.2 Å². The summed E-state index contributed by atoms with van der Waals surface area (Å²) in [5, 5.41) is 0.983. The maximum atomic E-state index is 10.7. The van der Waals surface area contributed by atoms with E-state index >= 15 is 0 Å². The van der Waals surface area contributed by atoms with Gasteiger partial charge in [-0.15, -0.1) is 11.3 Å². The molecule has 0 radical (unpaired) electrons. The van der Waals surface area contributed by atoms with Gasteiger partial charge in [0.2, 0.25) is 0 Å². The Kier molecular flexibility index (Phi) is 5.46. The summed E-state index contributed by atoms with van der Waals surface area (Å²) in [5.74, 6) is 0.763. The molecule has 0 bridgehead atoms. The van der Waals surface area contributed by atoms with Gasteiger partial charge in [0, 0.05) is 23.1 Å². The second-order valence-electron chi connectivity index (χ2n) is 5.72. The Morgan fingerprint density at radius 2 is 1.84 bits per heavy atom. The molecule has 0 saturated carbocycles. The van der Waals surface area contributed by atoms with Crippen molar-refractivity contribution in [3.05, 3.63) is 65.0 Å². The van der Waals surface area contributed by atoms with Gasteiger partial charge in [0.15, 0.2) is 5.13 Å². The highest BCUT2D eigenvalue weighted by Gasteiger charge is 2.12. The number of benzene rings is 2. The van der Waals surface area contributed by atoms with Gasteiger partial charge in [0.1, 0.15) is 18.6 Å². The van der Waals surface area contributed by atoms with Crippen LogP contribution in [0.25, 0.3) is 11.3 Å². The van der Waals surface area contributed by atoms with Crippen molar-refractivity contribution in [1.29, 1.82) is 0 Å². The van der Waals surface area contributed by atoms with Crippen LogP contribution in [0.1, 0.15) is 15.2 Å². The molecule has 2 aromatic carbocycles. The van der Waals surface area contributed by atoms with Crippen LogP contribution in [0.15, 0.2) is 54.6 Å². The van der Waals surface area contributed by atoms with Gasteiger partial charge < -0.3 is 9.64 Å². The van der Waals surface area contributed by atoms with E-state index in [0.29, 0.717) is 12.2 Å². The predicted molar refractivity (Wildman–Crippen MR) is 103 cm³/mol. The average molecular weight is 352 g/mol. The molecule has 0 aliphatic carbocycles. The van der Waals surface area contributed by atoms with Gasteiger partial charge >= 0.3 is 0 Å². The van der Waals surface area contributed by atoms with E-state index in [-0.39, 0.29) is 0 Å². The number of aryl methyl sites for hydroxylation is 1. The maximum Gasteiger partial charge on any atom is 0.185 e. The van der Waals surface area contributed by atoms with E-state index in [0.717, 1.165) is 35.0 Å². The van der Waals surface area contributed by atoms with Crippen LogP contribution in [0.3, 0.4) is 0 Å². The summed E-state index contributed by atoms with van der Waals surface area (Å²) < 4.78 is 5.74. The lowest BCUT2D eigenvalue weighted by Gasteiger charge is -2.16. The molecule has 0 unspecified atom stereocenters. The second-order valence-corrected chi connectivity index (χ2v) is 6.91. The molecule has 0 saturated heterocycles. The first-order valence-electron chi connectivity index (χ1n) is 8.09. The zero-order chi connectivity index (χ0) is 17.6. The zero-order valence-electron chi connectivity index (χ0n) is 14.3. The fourth-order valence-corrected chi connectivity index (χ4v) is 3.37. The topological polar surface area (TPSA) is 42.4 Å². The summed E-state index contributed by atoms with van der Waals surface area (Å²) in [6.45, 7) is 3.38. The molecule has 0 aliphatic heterocycles. The minimum absolute atomic E-state index is 0.552. The molecule has 1 heterocycles. The van der Waals surface area contributed by atoms with E-state index in [4.69, 9.17) is 9.72 Å². The van der Waals surface area contributed by atoms with Crippen LogP contribution in [0, 0.1) is 6.92 Å². The molecule has 25 heavy (non-hydrogen) atoms. The van der Waals surface area contributed by atoms with E-state index in [9.17, 15) is 4.79 Å². The number of rotatable bonds is 7. The molecule has 1 aromatic heterocycles. The molecular formula is C20H20N2O2S. The van der Waals surface area contributed by atoms with Crippen molar-refractivity contribution in [2.45, 2.75) is 6.92 Å². The van der Waals surface area contributed by atoms with Crippen LogP contribution in [0.5, 0.6) is 5.75 Å². The van der Waals surface area contributed by atoms with Gasteiger partial charge in [-0.2, -0.15) is 0 Å². The van der Waals surface area contributed by atoms with Crippen molar-refractivity contribution < 1.29 is 9.53 Å². The van der Waals surface area contributed by atoms with E-state index < -0.39 is 0 Å². The third kappa shape index (κ3) is 4.25. The molecule has 0 atom stereocenters. The van der Waals surface area contributed by atoms with Gasteiger partial charge in [-0.25, -0.2) is 4.98 Å². The lowest BCUT2D eigenvalue weighted by Crippen LogP contribution is -2.23. The summed E-state index contributed by atoms with van der Waals surface area (Å²) in [6, 6.07) is 17.4. The average Bonchev–Trinajstić information content (AvgIpc) is 3.05. The minimum Gasteiger partial charge on any atom is -0.492 e. The van der Waals surface area contributed by atoms with Crippen molar-refractivity contribution in [2.24, 2.45) is 0 Å². The van der Waals surface area contributed by atoms with Gasteiger partial charge in [-0.05, 0) is 31.2 Å². The molecule has 0 fully saturated rings. The first-order chi connectivity index (χ1) is 12.2. The highest BCUT2D eigenvalue weighted by molar-refractivity contribution is 7.16. The van der Waals surface area contributed by atoms with E-state index in [1.807, 2.05) is 37.4 Å². The highest BCUT2D eigenvalue weighted by Crippen LogP contribution is 2.31. The summed E-state index contributed by atoms with van der Waals surface area (Å²) in [6.07, 6.45) is 0.826. The number of aromatic nitrogens is 1. The first kappa shape index (κ1) is 17.2. The lowest BCUT2D eigenvalue weighted by atomic mass is 10.1. The van der Waals surface area contributed by atoms with Crippen molar-refractivity contribution in [2.75, 3.05) is 25.1 Å². The minimum atomic E-state index is 0.552. The number of thiazole rings is 1. The van der Waals surface area contributed by atoms with Crippen LogP contribution in [0.2, 0.25) is 0 Å². The number of aldehydes is 1. The Hall–Kier alpha value is -2.66. The number of hydrogen-bond donors (Lipinski definition) is 0. The SMILES string of the molecule is Cc1sc(N(C)CCOc2ccc(C=O)cc2)nc1-c1ccccc1. The Bertz CT molecular complexity index is 829. The number of ether oxygens (including phenoxy) is 1. The molecular weight excluding hydrogens is 332 g/mol. The standard InChI is InChI=1S/C20H20N2O2S/c1-15-19(17-6-4-3-5-7-17)21-20(25-15)22(2)12-13-24-18-10-8-16(14-23)9-11-18/h3-11,14H,12-13H2,1-2H3. The summed E-state index contributed by atoms with van der Waals surface area (Å²) in [7, 11) is 2.02. The Morgan fingerprint density at radius 3 is 2.52 bits per heavy atom. The maximum absolute atomic E-state index is 10.7. The fourth-order valence-electron chi connectivity index (χ4n) is 2.45. The number of carbonyl (C=O) groups is 1. The molecule has 0 amide bonds. The third-order valence-corrected chi connectivity index (χ3v) is 4.96. The Balaban J connectivity index is 1.59. The second kappa shape index (κ2) is 7.94. The quantitative estimate of drug-likeness (QED) is 0.589. The lowest BCUT2D eigenvalue weighted by molar-refractivity contribution is 0.112. The van der Waals surface area contributed by atoms with Crippen molar-refractivity contribution in [3.63, 3.8) is 0 Å². The number of anilines is 1. The third-order valence-electron chi connectivity index (χ3n) is 3.87. The molecule has 0 aliphatic rings. The molecule has 0 N–H and O–H groups in total. The van der Waals surface area contributed by atoms with E-state index in [1.54, 1.807) is 23.5 Å².